The third-order valence-electron chi connectivity index (χ3n) is 3.78. The quantitative estimate of drug-likeness (QED) is 0.388. The SMILES string of the molecule is CCCCCCCCOC(=O)C(=O)N(CC)c1cccc(C)c1. The molecule has 1 rings (SSSR count). The first-order chi connectivity index (χ1) is 11.1. The first-order valence-electron chi connectivity index (χ1n) is 8.65. The predicted octanol–water partition coefficient (Wildman–Crippen LogP) is 4.25. The van der Waals surface area contributed by atoms with Gasteiger partial charge in [0.15, 0.2) is 0 Å². The number of carbonyl (C=O) groups is 2. The van der Waals surface area contributed by atoms with Crippen molar-refractivity contribution < 1.29 is 14.3 Å². The highest BCUT2D eigenvalue weighted by molar-refractivity contribution is 6.38. The minimum absolute atomic E-state index is 0.321. The fourth-order valence-electron chi connectivity index (χ4n) is 2.46. The van der Waals surface area contributed by atoms with Gasteiger partial charge in [0.05, 0.1) is 6.61 Å². The van der Waals surface area contributed by atoms with Crippen LogP contribution in [0.1, 0.15) is 57.9 Å². The summed E-state index contributed by atoms with van der Waals surface area (Å²) in [6.45, 7) is 6.75. The molecule has 0 aliphatic rings. The average Bonchev–Trinajstić information content (AvgIpc) is 2.54. The van der Waals surface area contributed by atoms with Gasteiger partial charge in [0.1, 0.15) is 0 Å². The van der Waals surface area contributed by atoms with Crippen molar-refractivity contribution in [3.63, 3.8) is 0 Å². The summed E-state index contributed by atoms with van der Waals surface area (Å²) >= 11 is 0. The summed E-state index contributed by atoms with van der Waals surface area (Å²) in [4.78, 5) is 25.6. The molecule has 0 aromatic heterocycles. The van der Waals surface area contributed by atoms with Crippen LogP contribution in [0.25, 0.3) is 0 Å². The topological polar surface area (TPSA) is 46.6 Å². The zero-order valence-electron chi connectivity index (χ0n) is 14.6. The Labute approximate surface area is 139 Å². The zero-order valence-corrected chi connectivity index (χ0v) is 14.6. The second-order valence-corrected chi connectivity index (χ2v) is 5.79. The highest BCUT2D eigenvalue weighted by Crippen LogP contribution is 2.16. The van der Waals surface area contributed by atoms with Crippen molar-refractivity contribution in [2.75, 3.05) is 18.1 Å². The van der Waals surface area contributed by atoms with Gasteiger partial charge < -0.3 is 9.64 Å². The van der Waals surface area contributed by atoms with Crippen LogP contribution >= 0.6 is 0 Å². The fourth-order valence-corrected chi connectivity index (χ4v) is 2.46. The number of nitrogens with zero attached hydrogens (tertiary/aromatic N) is 1. The van der Waals surface area contributed by atoms with Crippen molar-refractivity contribution in [2.24, 2.45) is 0 Å². The minimum atomic E-state index is -0.762. The van der Waals surface area contributed by atoms with Crippen LogP contribution in [0.5, 0.6) is 0 Å². The van der Waals surface area contributed by atoms with Gasteiger partial charge in [-0.25, -0.2) is 4.79 Å². The van der Waals surface area contributed by atoms with Crippen LogP contribution in [-0.4, -0.2) is 25.0 Å². The van der Waals surface area contributed by atoms with Crippen molar-refractivity contribution in [3.8, 4) is 0 Å². The summed E-state index contributed by atoms with van der Waals surface area (Å²) in [6, 6.07) is 7.55. The number of esters is 1. The number of amides is 1. The van der Waals surface area contributed by atoms with E-state index in [2.05, 4.69) is 6.92 Å². The molecule has 0 atom stereocenters. The van der Waals surface area contributed by atoms with Crippen LogP contribution in [0.4, 0.5) is 5.69 Å². The molecule has 4 nitrogen and oxygen atoms in total. The molecule has 0 unspecified atom stereocenters. The highest BCUT2D eigenvalue weighted by atomic mass is 16.5. The van der Waals surface area contributed by atoms with Gasteiger partial charge in [-0.05, 0) is 38.0 Å². The summed E-state index contributed by atoms with van der Waals surface area (Å²) in [6.07, 6.45) is 6.70. The maximum atomic E-state index is 12.2. The Bertz CT molecular complexity index is 499. The van der Waals surface area contributed by atoms with Crippen molar-refractivity contribution in [3.05, 3.63) is 29.8 Å². The van der Waals surface area contributed by atoms with Gasteiger partial charge in [-0.15, -0.1) is 0 Å². The van der Waals surface area contributed by atoms with Crippen LogP contribution in [0, 0.1) is 6.92 Å². The summed E-state index contributed by atoms with van der Waals surface area (Å²) < 4.78 is 5.11. The average molecular weight is 319 g/mol. The second-order valence-electron chi connectivity index (χ2n) is 5.79. The summed E-state index contributed by atoms with van der Waals surface area (Å²) in [5.74, 6) is -1.36. The number of unbranched alkanes of at least 4 members (excludes halogenated alkanes) is 5. The van der Waals surface area contributed by atoms with E-state index in [1.54, 1.807) is 0 Å². The normalized spacial score (nSPS) is 10.4. The van der Waals surface area contributed by atoms with E-state index in [0.717, 1.165) is 30.5 Å². The van der Waals surface area contributed by atoms with Crippen LogP contribution in [0.15, 0.2) is 24.3 Å². The van der Waals surface area contributed by atoms with Crippen LogP contribution < -0.4 is 4.90 Å². The molecule has 0 fully saturated rings. The largest absolute Gasteiger partial charge is 0.459 e. The standard InChI is InChI=1S/C19H29NO3/c1-4-6-7-8-9-10-14-23-19(22)18(21)20(5-2)17-13-11-12-16(3)15-17/h11-13,15H,4-10,14H2,1-3H3. The Kier molecular flexibility index (Phi) is 9.03. The lowest BCUT2D eigenvalue weighted by Gasteiger charge is -2.20. The first-order valence-corrected chi connectivity index (χ1v) is 8.65. The van der Waals surface area contributed by atoms with Crippen LogP contribution in [0.3, 0.4) is 0 Å². The number of likely N-dealkylation sites (N-methyl/N-ethyl adjacent to an activating group) is 1. The van der Waals surface area contributed by atoms with E-state index in [1.165, 1.54) is 24.2 Å². The molecule has 23 heavy (non-hydrogen) atoms. The predicted molar refractivity (Wildman–Crippen MR) is 93.5 cm³/mol. The molecule has 0 spiro atoms. The molecule has 0 bridgehead atoms. The lowest BCUT2D eigenvalue weighted by molar-refractivity contribution is -0.153. The van der Waals surface area contributed by atoms with E-state index in [0.29, 0.717) is 13.2 Å². The van der Waals surface area contributed by atoms with Crippen molar-refractivity contribution in [2.45, 2.75) is 59.3 Å². The van der Waals surface area contributed by atoms with Gasteiger partial charge in [-0.3, -0.25) is 4.79 Å². The Balaban J connectivity index is 2.41. The van der Waals surface area contributed by atoms with Gasteiger partial charge in [0.2, 0.25) is 0 Å². The minimum Gasteiger partial charge on any atom is -0.459 e. The van der Waals surface area contributed by atoms with E-state index < -0.39 is 11.9 Å². The summed E-state index contributed by atoms with van der Waals surface area (Å²) in [7, 11) is 0. The first kappa shape index (κ1) is 19.2. The van der Waals surface area contributed by atoms with E-state index in [9.17, 15) is 9.59 Å². The molecule has 0 saturated heterocycles. The lowest BCUT2D eigenvalue weighted by Crippen LogP contribution is -2.37. The maximum absolute atomic E-state index is 12.2. The molecule has 0 saturated carbocycles. The fraction of sp³-hybridized carbons (Fsp3) is 0.579. The van der Waals surface area contributed by atoms with Crippen molar-refractivity contribution >= 4 is 17.6 Å². The molecule has 0 heterocycles. The smallest absolute Gasteiger partial charge is 0.397 e. The number of anilines is 1. The molecule has 0 radical (unpaired) electrons. The molecular formula is C19H29NO3. The van der Waals surface area contributed by atoms with Crippen molar-refractivity contribution in [1.29, 1.82) is 0 Å². The van der Waals surface area contributed by atoms with Crippen LogP contribution in [0.2, 0.25) is 0 Å². The zero-order chi connectivity index (χ0) is 17.1. The van der Waals surface area contributed by atoms with Gasteiger partial charge in [-0.1, -0.05) is 51.2 Å². The molecule has 4 heteroatoms. The van der Waals surface area contributed by atoms with Gasteiger partial charge >= 0.3 is 11.9 Å². The molecule has 1 aromatic carbocycles. The molecule has 128 valence electrons. The number of rotatable bonds is 9. The number of carbonyl (C=O) groups excluding carboxylic acids is 2. The Morgan fingerprint density at radius 2 is 1.74 bits per heavy atom. The number of ether oxygens (including phenoxy) is 1. The second kappa shape index (κ2) is 10.8. The summed E-state index contributed by atoms with van der Waals surface area (Å²) in [5, 5.41) is 0. The molecule has 0 aliphatic carbocycles. The highest BCUT2D eigenvalue weighted by Gasteiger charge is 2.23. The molecular weight excluding hydrogens is 290 g/mol. The van der Waals surface area contributed by atoms with E-state index in [4.69, 9.17) is 4.74 Å². The van der Waals surface area contributed by atoms with Crippen molar-refractivity contribution in [1.82, 2.24) is 0 Å². The Morgan fingerprint density at radius 3 is 2.39 bits per heavy atom. The van der Waals surface area contributed by atoms with E-state index in [1.807, 2.05) is 38.1 Å². The third-order valence-corrected chi connectivity index (χ3v) is 3.78. The number of hydrogen-bond donors (Lipinski definition) is 0. The monoisotopic (exact) mass is 319 g/mol. The Morgan fingerprint density at radius 1 is 1.04 bits per heavy atom. The van der Waals surface area contributed by atoms with Gasteiger partial charge in [0, 0.05) is 12.2 Å². The third kappa shape index (κ3) is 6.85. The number of aryl methyl sites for hydroxylation is 1. The van der Waals surface area contributed by atoms with Crippen LogP contribution in [-0.2, 0) is 14.3 Å². The molecule has 0 aliphatic heterocycles. The molecule has 1 aromatic rings. The van der Waals surface area contributed by atoms with Gasteiger partial charge in [-0.2, -0.15) is 0 Å². The van der Waals surface area contributed by atoms with E-state index >= 15 is 0 Å². The van der Waals surface area contributed by atoms with Gasteiger partial charge in [0.25, 0.3) is 0 Å². The number of benzene rings is 1. The summed E-state index contributed by atoms with van der Waals surface area (Å²) in [5.41, 5.74) is 1.78. The molecule has 1 amide bonds. The molecule has 0 N–H and O–H groups in total. The lowest BCUT2D eigenvalue weighted by atomic mass is 10.1. The van der Waals surface area contributed by atoms with E-state index in [-0.39, 0.29) is 0 Å². The Hall–Kier alpha value is -1.84. The maximum Gasteiger partial charge on any atom is 0.397 e. The number of hydrogen-bond acceptors (Lipinski definition) is 3.